The molecule has 1 N–H and O–H groups in total. The molecule has 1 aromatic heterocycles. The van der Waals surface area contributed by atoms with E-state index in [1.807, 2.05) is 0 Å². The summed E-state index contributed by atoms with van der Waals surface area (Å²) < 4.78 is 26.0. The lowest BCUT2D eigenvalue weighted by atomic mass is 10.2. The van der Waals surface area contributed by atoms with Gasteiger partial charge in [0.05, 0.1) is 12.4 Å². The van der Waals surface area contributed by atoms with Gasteiger partial charge in [0.25, 0.3) is 5.92 Å². The molecule has 1 rings (SSSR count). The zero-order chi connectivity index (χ0) is 9.90. The predicted molar refractivity (Wildman–Crippen MR) is 42.6 cm³/mol. The van der Waals surface area contributed by atoms with Gasteiger partial charge in [0.1, 0.15) is 10.8 Å². The van der Waals surface area contributed by atoms with E-state index in [0.717, 1.165) is 6.20 Å². The quantitative estimate of drug-likeness (QED) is 0.821. The number of hydrogen-bond acceptors (Lipinski definition) is 3. The number of aliphatic hydroxyl groups excluding tert-OH is 1. The number of halogens is 3. The van der Waals surface area contributed by atoms with E-state index in [9.17, 15) is 8.78 Å². The first-order valence-electron chi connectivity index (χ1n) is 3.53. The number of hydrogen-bond donors (Lipinski definition) is 1. The minimum atomic E-state index is -3.17. The Morgan fingerprint density at radius 1 is 1.46 bits per heavy atom. The van der Waals surface area contributed by atoms with Gasteiger partial charge in [-0.3, -0.25) is 4.98 Å². The fourth-order valence-corrected chi connectivity index (χ4v) is 0.934. The third-order valence-corrected chi connectivity index (χ3v) is 1.59. The molecule has 0 aliphatic heterocycles. The Morgan fingerprint density at radius 3 is 2.69 bits per heavy atom. The van der Waals surface area contributed by atoms with Crippen LogP contribution < -0.4 is 0 Å². The summed E-state index contributed by atoms with van der Waals surface area (Å²) in [5.41, 5.74) is -0.519. The zero-order valence-electron chi connectivity index (χ0n) is 6.54. The molecule has 0 unspecified atom stereocenters. The van der Waals surface area contributed by atoms with E-state index >= 15 is 0 Å². The van der Waals surface area contributed by atoms with Crippen molar-refractivity contribution in [3.05, 3.63) is 23.2 Å². The molecule has 0 atom stereocenters. The Labute approximate surface area is 78.4 Å². The van der Waals surface area contributed by atoms with E-state index in [-0.39, 0.29) is 5.15 Å². The van der Waals surface area contributed by atoms with Crippen molar-refractivity contribution in [2.45, 2.75) is 12.3 Å². The fraction of sp³-hybridized carbons (Fsp3) is 0.429. The van der Waals surface area contributed by atoms with Crippen LogP contribution in [0.25, 0.3) is 0 Å². The Bertz CT molecular complexity index is 296. The van der Waals surface area contributed by atoms with Crippen molar-refractivity contribution in [3.8, 4) is 0 Å². The SMILES string of the molecule is OCCC(F)(F)c1cncc(Cl)n1. The zero-order valence-corrected chi connectivity index (χ0v) is 7.30. The predicted octanol–water partition coefficient (Wildman–Crippen LogP) is 1.60. The summed E-state index contributed by atoms with van der Waals surface area (Å²) in [7, 11) is 0. The molecule has 0 aromatic carbocycles. The molecule has 6 heteroatoms. The van der Waals surface area contributed by atoms with E-state index in [0.29, 0.717) is 0 Å². The smallest absolute Gasteiger partial charge is 0.293 e. The molecule has 0 saturated carbocycles. The lowest BCUT2D eigenvalue weighted by molar-refractivity contribution is -0.0313. The second-order valence-electron chi connectivity index (χ2n) is 2.41. The van der Waals surface area contributed by atoms with E-state index in [2.05, 4.69) is 9.97 Å². The van der Waals surface area contributed by atoms with Crippen LogP contribution in [0.3, 0.4) is 0 Å². The van der Waals surface area contributed by atoms with Gasteiger partial charge in [-0.25, -0.2) is 4.98 Å². The van der Waals surface area contributed by atoms with E-state index < -0.39 is 24.6 Å². The Kier molecular flexibility index (Phi) is 3.11. The summed E-state index contributed by atoms with van der Waals surface area (Å²) >= 11 is 5.38. The topological polar surface area (TPSA) is 46.0 Å². The van der Waals surface area contributed by atoms with E-state index in [1.54, 1.807) is 0 Å². The molecule has 1 aromatic rings. The molecule has 0 radical (unpaired) electrons. The van der Waals surface area contributed by atoms with Crippen LogP contribution in [0.1, 0.15) is 12.1 Å². The summed E-state index contributed by atoms with van der Waals surface area (Å²) in [5.74, 6) is -3.17. The molecule has 0 aliphatic rings. The van der Waals surface area contributed by atoms with Crippen LogP contribution in [0.5, 0.6) is 0 Å². The molecule has 0 spiro atoms. The average molecular weight is 209 g/mol. The molecule has 72 valence electrons. The largest absolute Gasteiger partial charge is 0.396 e. The van der Waals surface area contributed by atoms with Crippen molar-refractivity contribution in [1.29, 1.82) is 0 Å². The highest BCUT2D eigenvalue weighted by Gasteiger charge is 2.32. The Morgan fingerprint density at radius 2 is 2.15 bits per heavy atom. The minimum absolute atomic E-state index is 0.0879. The third-order valence-electron chi connectivity index (χ3n) is 1.41. The Balaban J connectivity index is 2.93. The van der Waals surface area contributed by atoms with Gasteiger partial charge in [-0.15, -0.1) is 0 Å². The molecule has 0 aliphatic carbocycles. The van der Waals surface area contributed by atoms with Crippen LogP contribution in [0, 0.1) is 0 Å². The van der Waals surface area contributed by atoms with Crippen LogP contribution in [-0.4, -0.2) is 21.7 Å². The highest BCUT2D eigenvalue weighted by molar-refractivity contribution is 6.29. The summed E-state index contributed by atoms with van der Waals surface area (Å²) in [4.78, 5) is 6.88. The van der Waals surface area contributed by atoms with Crippen molar-refractivity contribution in [3.63, 3.8) is 0 Å². The monoisotopic (exact) mass is 208 g/mol. The van der Waals surface area contributed by atoms with Crippen molar-refractivity contribution in [2.75, 3.05) is 6.61 Å². The first-order chi connectivity index (χ1) is 6.06. The second-order valence-corrected chi connectivity index (χ2v) is 2.79. The van der Waals surface area contributed by atoms with Gasteiger partial charge in [-0.05, 0) is 0 Å². The summed E-state index contributed by atoms with van der Waals surface area (Å²) in [6.45, 7) is -0.610. The van der Waals surface area contributed by atoms with Gasteiger partial charge in [-0.1, -0.05) is 11.6 Å². The van der Waals surface area contributed by atoms with Crippen molar-refractivity contribution < 1.29 is 13.9 Å². The molecule has 3 nitrogen and oxygen atoms in total. The molecule has 0 amide bonds. The normalized spacial score (nSPS) is 11.7. The first-order valence-corrected chi connectivity index (χ1v) is 3.91. The van der Waals surface area contributed by atoms with Crippen molar-refractivity contribution >= 4 is 11.6 Å². The number of aliphatic hydroxyl groups is 1. The maximum absolute atomic E-state index is 13.0. The number of alkyl halides is 2. The molecule has 0 fully saturated rings. The average Bonchev–Trinajstić information content (AvgIpc) is 2.04. The van der Waals surface area contributed by atoms with Gasteiger partial charge in [0.2, 0.25) is 0 Å². The lowest BCUT2D eigenvalue weighted by Crippen LogP contribution is -2.17. The van der Waals surface area contributed by atoms with E-state index in [4.69, 9.17) is 16.7 Å². The van der Waals surface area contributed by atoms with Gasteiger partial charge in [0, 0.05) is 13.0 Å². The maximum Gasteiger partial charge on any atom is 0.293 e. The Hall–Kier alpha value is -0.810. The van der Waals surface area contributed by atoms with Gasteiger partial charge in [0.15, 0.2) is 0 Å². The van der Waals surface area contributed by atoms with Gasteiger partial charge >= 0.3 is 0 Å². The van der Waals surface area contributed by atoms with Gasteiger partial charge in [-0.2, -0.15) is 8.78 Å². The molecule has 0 bridgehead atoms. The molecule has 0 saturated heterocycles. The van der Waals surface area contributed by atoms with Crippen molar-refractivity contribution in [2.24, 2.45) is 0 Å². The maximum atomic E-state index is 13.0. The van der Waals surface area contributed by atoms with Crippen molar-refractivity contribution in [1.82, 2.24) is 9.97 Å². The van der Waals surface area contributed by atoms with Gasteiger partial charge < -0.3 is 5.11 Å². The van der Waals surface area contributed by atoms with Crippen LogP contribution >= 0.6 is 11.6 Å². The second kappa shape index (κ2) is 3.93. The van der Waals surface area contributed by atoms with Crippen LogP contribution in [0.2, 0.25) is 5.15 Å². The minimum Gasteiger partial charge on any atom is -0.396 e. The molecular weight excluding hydrogens is 202 g/mol. The highest BCUT2D eigenvalue weighted by Crippen LogP contribution is 2.29. The van der Waals surface area contributed by atoms with Crippen LogP contribution in [-0.2, 0) is 5.92 Å². The fourth-order valence-electron chi connectivity index (χ4n) is 0.787. The first kappa shape index (κ1) is 10.3. The summed E-state index contributed by atoms with van der Waals surface area (Å²) in [6, 6.07) is 0. The molecule has 1 heterocycles. The molecular formula is C7H7ClF2N2O. The standard InChI is InChI=1S/C7H7ClF2N2O/c8-6-4-11-3-5(12-6)7(9,10)1-2-13/h3-4,13H,1-2H2. The molecule has 13 heavy (non-hydrogen) atoms. The number of rotatable bonds is 3. The highest BCUT2D eigenvalue weighted by atomic mass is 35.5. The number of nitrogens with zero attached hydrogens (tertiary/aromatic N) is 2. The van der Waals surface area contributed by atoms with Crippen LogP contribution in [0.4, 0.5) is 8.78 Å². The number of aromatic nitrogens is 2. The van der Waals surface area contributed by atoms with Crippen LogP contribution in [0.15, 0.2) is 12.4 Å². The summed E-state index contributed by atoms with van der Waals surface area (Å²) in [6.07, 6.45) is 1.42. The summed E-state index contributed by atoms with van der Waals surface area (Å²) in [5, 5.41) is 8.28. The van der Waals surface area contributed by atoms with E-state index in [1.165, 1.54) is 6.20 Å². The third kappa shape index (κ3) is 2.57. The lowest BCUT2D eigenvalue weighted by Gasteiger charge is -2.13.